The summed E-state index contributed by atoms with van der Waals surface area (Å²) in [6.45, 7) is 11.9. The van der Waals surface area contributed by atoms with Gasteiger partial charge in [0.15, 0.2) is 0 Å². The topological polar surface area (TPSA) is 38.0 Å². The number of nitrogens with one attached hydrogen (secondary N) is 1. The summed E-state index contributed by atoms with van der Waals surface area (Å²) in [5.41, 5.74) is 5.71. The fourth-order valence-corrected chi connectivity index (χ4v) is 1.47. The van der Waals surface area contributed by atoms with Crippen LogP contribution in [0.15, 0.2) is 0 Å². The quantitative estimate of drug-likeness (QED) is 0.686. The maximum Gasteiger partial charge on any atom is 0.0225 e. The Labute approximate surface area is 93.4 Å². The molecule has 0 spiro atoms. The molecule has 0 fully saturated rings. The predicted octanol–water partition coefficient (Wildman–Crippen LogP) is 1.95. The van der Waals surface area contributed by atoms with Crippen LogP contribution >= 0.6 is 11.8 Å². The second-order valence-corrected chi connectivity index (χ2v) is 6.35. The Morgan fingerprint density at radius 2 is 1.93 bits per heavy atom. The van der Waals surface area contributed by atoms with Crippen molar-refractivity contribution in [2.24, 2.45) is 17.6 Å². The average molecular weight is 218 g/mol. The number of rotatable bonds is 7. The Bertz CT molecular complexity index is 146. The fraction of sp³-hybridized carbons (Fsp3) is 1.00. The molecule has 0 aromatic carbocycles. The molecular formula is C11H26N2S. The van der Waals surface area contributed by atoms with E-state index in [-0.39, 0.29) is 0 Å². The summed E-state index contributed by atoms with van der Waals surface area (Å²) in [6, 6.07) is 0. The van der Waals surface area contributed by atoms with Gasteiger partial charge in [0.2, 0.25) is 0 Å². The lowest BCUT2D eigenvalue weighted by molar-refractivity contribution is 0.366. The standard InChI is InChI=1S/C11H26N2S/c1-9(2)10(6-12)7-13-8-11(3,4)14-5/h9-10,13H,6-8,12H2,1-5H3. The van der Waals surface area contributed by atoms with Crippen LogP contribution in [-0.4, -0.2) is 30.6 Å². The third-order valence-electron chi connectivity index (χ3n) is 2.76. The second kappa shape index (κ2) is 6.70. The monoisotopic (exact) mass is 218 g/mol. The third-order valence-corrected chi connectivity index (χ3v) is 4.00. The van der Waals surface area contributed by atoms with Crippen molar-refractivity contribution in [3.8, 4) is 0 Å². The molecule has 0 bridgehead atoms. The fourth-order valence-electron chi connectivity index (χ4n) is 1.22. The highest BCUT2D eigenvalue weighted by molar-refractivity contribution is 7.99. The summed E-state index contributed by atoms with van der Waals surface area (Å²) in [5.74, 6) is 1.28. The average Bonchev–Trinajstić information content (AvgIpc) is 2.12. The van der Waals surface area contributed by atoms with Gasteiger partial charge in [0, 0.05) is 11.3 Å². The van der Waals surface area contributed by atoms with Gasteiger partial charge in [-0.3, -0.25) is 0 Å². The van der Waals surface area contributed by atoms with Gasteiger partial charge in [-0.15, -0.1) is 0 Å². The van der Waals surface area contributed by atoms with Crippen LogP contribution in [0.3, 0.4) is 0 Å². The Kier molecular flexibility index (Phi) is 6.83. The lowest BCUT2D eigenvalue weighted by Gasteiger charge is -2.25. The molecule has 1 atom stereocenters. The molecule has 14 heavy (non-hydrogen) atoms. The Morgan fingerprint density at radius 3 is 2.29 bits per heavy atom. The SMILES string of the molecule is CSC(C)(C)CNCC(CN)C(C)C. The van der Waals surface area contributed by atoms with Gasteiger partial charge in [-0.05, 0) is 45.0 Å². The van der Waals surface area contributed by atoms with E-state index in [0.29, 0.717) is 16.6 Å². The van der Waals surface area contributed by atoms with E-state index >= 15 is 0 Å². The van der Waals surface area contributed by atoms with Crippen LogP contribution in [0, 0.1) is 11.8 Å². The van der Waals surface area contributed by atoms with Crippen LogP contribution in [0.5, 0.6) is 0 Å². The summed E-state index contributed by atoms with van der Waals surface area (Å²) >= 11 is 1.90. The molecule has 0 saturated heterocycles. The van der Waals surface area contributed by atoms with E-state index in [0.717, 1.165) is 19.6 Å². The van der Waals surface area contributed by atoms with Crippen LogP contribution in [-0.2, 0) is 0 Å². The van der Waals surface area contributed by atoms with Crippen molar-refractivity contribution in [2.75, 3.05) is 25.9 Å². The first-order chi connectivity index (χ1) is 6.43. The van der Waals surface area contributed by atoms with Crippen LogP contribution in [0.4, 0.5) is 0 Å². The van der Waals surface area contributed by atoms with Crippen molar-refractivity contribution in [1.29, 1.82) is 0 Å². The van der Waals surface area contributed by atoms with Gasteiger partial charge in [0.1, 0.15) is 0 Å². The molecule has 0 aliphatic rings. The minimum atomic E-state index is 0.329. The van der Waals surface area contributed by atoms with Gasteiger partial charge in [0.25, 0.3) is 0 Å². The summed E-state index contributed by atoms with van der Waals surface area (Å²) in [7, 11) is 0. The summed E-state index contributed by atoms with van der Waals surface area (Å²) in [6.07, 6.45) is 2.16. The van der Waals surface area contributed by atoms with Crippen molar-refractivity contribution >= 4 is 11.8 Å². The van der Waals surface area contributed by atoms with Crippen LogP contribution < -0.4 is 11.1 Å². The van der Waals surface area contributed by atoms with Crippen LogP contribution in [0.2, 0.25) is 0 Å². The van der Waals surface area contributed by atoms with E-state index in [4.69, 9.17) is 5.73 Å². The Balaban J connectivity index is 3.71. The molecule has 0 radical (unpaired) electrons. The van der Waals surface area contributed by atoms with Crippen molar-refractivity contribution in [1.82, 2.24) is 5.32 Å². The van der Waals surface area contributed by atoms with E-state index in [1.165, 1.54) is 0 Å². The van der Waals surface area contributed by atoms with Gasteiger partial charge in [0.05, 0.1) is 0 Å². The predicted molar refractivity (Wildman–Crippen MR) is 67.8 cm³/mol. The van der Waals surface area contributed by atoms with Gasteiger partial charge in [-0.2, -0.15) is 11.8 Å². The van der Waals surface area contributed by atoms with E-state index < -0.39 is 0 Å². The minimum absolute atomic E-state index is 0.329. The molecule has 0 aromatic rings. The molecule has 3 N–H and O–H groups in total. The molecule has 0 rings (SSSR count). The molecule has 0 aliphatic carbocycles. The molecule has 0 heterocycles. The Morgan fingerprint density at radius 1 is 1.36 bits per heavy atom. The van der Waals surface area contributed by atoms with Crippen molar-refractivity contribution in [2.45, 2.75) is 32.4 Å². The Hall–Kier alpha value is 0.270. The van der Waals surface area contributed by atoms with Gasteiger partial charge >= 0.3 is 0 Å². The first kappa shape index (κ1) is 14.3. The number of thioether (sulfide) groups is 1. The zero-order chi connectivity index (χ0) is 11.2. The number of nitrogens with two attached hydrogens (primary N) is 1. The van der Waals surface area contributed by atoms with E-state index in [1.807, 2.05) is 11.8 Å². The van der Waals surface area contributed by atoms with Gasteiger partial charge in [-0.1, -0.05) is 13.8 Å². The van der Waals surface area contributed by atoms with Crippen LogP contribution in [0.1, 0.15) is 27.7 Å². The molecule has 86 valence electrons. The summed E-state index contributed by atoms with van der Waals surface area (Å²) in [5, 5.41) is 3.51. The molecule has 3 heteroatoms. The van der Waals surface area contributed by atoms with E-state index in [1.54, 1.807) is 0 Å². The number of hydrogen-bond donors (Lipinski definition) is 2. The highest BCUT2D eigenvalue weighted by atomic mass is 32.2. The maximum atomic E-state index is 5.71. The van der Waals surface area contributed by atoms with Crippen molar-refractivity contribution in [3.05, 3.63) is 0 Å². The highest BCUT2D eigenvalue weighted by Crippen LogP contribution is 2.19. The normalized spacial score (nSPS) is 14.8. The molecule has 1 unspecified atom stereocenters. The summed E-state index contributed by atoms with van der Waals surface area (Å²) in [4.78, 5) is 0. The largest absolute Gasteiger partial charge is 0.330 e. The molecule has 2 nitrogen and oxygen atoms in total. The molecule has 0 amide bonds. The van der Waals surface area contributed by atoms with Crippen LogP contribution in [0.25, 0.3) is 0 Å². The van der Waals surface area contributed by atoms with Crippen molar-refractivity contribution in [3.63, 3.8) is 0 Å². The number of hydrogen-bond acceptors (Lipinski definition) is 3. The van der Waals surface area contributed by atoms with E-state index in [9.17, 15) is 0 Å². The first-order valence-corrected chi connectivity index (χ1v) is 6.61. The molecule has 0 aliphatic heterocycles. The zero-order valence-electron chi connectivity index (χ0n) is 10.3. The first-order valence-electron chi connectivity index (χ1n) is 5.39. The molecule has 0 saturated carbocycles. The van der Waals surface area contributed by atoms with Gasteiger partial charge < -0.3 is 11.1 Å². The lowest BCUT2D eigenvalue weighted by atomic mass is 9.96. The van der Waals surface area contributed by atoms with E-state index in [2.05, 4.69) is 39.3 Å². The molecular weight excluding hydrogens is 192 g/mol. The minimum Gasteiger partial charge on any atom is -0.330 e. The van der Waals surface area contributed by atoms with Gasteiger partial charge in [-0.25, -0.2) is 0 Å². The zero-order valence-corrected chi connectivity index (χ0v) is 11.1. The second-order valence-electron chi connectivity index (χ2n) is 4.83. The smallest absolute Gasteiger partial charge is 0.0225 e. The third kappa shape index (κ3) is 5.89. The lowest BCUT2D eigenvalue weighted by Crippen LogP contribution is -2.38. The summed E-state index contributed by atoms with van der Waals surface area (Å²) < 4.78 is 0.329. The maximum absolute atomic E-state index is 5.71. The highest BCUT2D eigenvalue weighted by Gasteiger charge is 2.17. The van der Waals surface area contributed by atoms with Crippen molar-refractivity contribution < 1.29 is 0 Å². The molecule has 0 aromatic heterocycles.